The van der Waals surface area contributed by atoms with Crippen LogP contribution in [0.25, 0.3) is 0 Å². The summed E-state index contributed by atoms with van der Waals surface area (Å²) in [7, 11) is 0. The molecule has 0 aromatic heterocycles. The molecule has 0 amide bonds. The van der Waals surface area contributed by atoms with Crippen molar-refractivity contribution in [2.75, 3.05) is 0 Å². The highest BCUT2D eigenvalue weighted by Gasteiger charge is 2.22. The summed E-state index contributed by atoms with van der Waals surface area (Å²) in [4.78, 5) is 12.0. The minimum Gasteiger partial charge on any atom is -0.392 e. The van der Waals surface area contributed by atoms with E-state index in [4.69, 9.17) is 0 Å². The zero-order valence-corrected chi connectivity index (χ0v) is 9.60. The first-order valence-electron chi connectivity index (χ1n) is 5.55. The largest absolute Gasteiger partial charge is 0.392 e. The fraction of sp³-hybridized carbons (Fsp3) is 0.357. The first kappa shape index (κ1) is 12.7. The summed E-state index contributed by atoms with van der Waals surface area (Å²) in [6.45, 7) is 5.37. The van der Waals surface area contributed by atoms with Crippen LogP contribution in [0.15, 0.2) is 43.0 Å². The smallest absolute Gasteiger partial charge is 0.168 e. The molecule has 0 bridgehead atoms. The van der Waals surface area contributed by atoms with E-state index >= 15 is 0 Å². The summed E-state index contributed by atoms with van der Waals surface area (Å²) in [6.07, 6.45) is 2.48. The molecule has 16 heavy (non-hydrogen) atoms. The molecule has 1 aromatic rings. The van der Waals surface area contributed by atoms with Crippen LogP contribution in [0.5, 0.6) is 0 Å². The minimum atomic E-state index is -0.592. The van der Waals surface area contributed by atoms with Gasteiger partial charge in [-0.15, -0.1) is 6.58 Å². The number of hydrogen-bond donors (Lipinski definition) is 1. The number of carbonyl (C=O) groups excluding carboxylic acids is 1. The molecule has 0 unspecified atom stereocenters. The van der Waals surface area contributed by atoms with Crippen molar-refractivity contribution in [3.05, 3.63) is 48.6 Å². The molecular formula is C14H18O2. The van der Waals surface area contributed by atoms with E-state index in [1.165, 1.54) is 0 Å². The summed E-state index contributed by atoms with van der Waals surface area (Å²) in [5.41, 5.74) is 0.660. The van der Waals surface area contributed by atoms with Crippen LogP contribution in [0.4, 0.5) is 0 Å². The topological polar surface area (TPSA) is 37.3 Å². The Morgan fingerprint density at radius 1 is 1.44 bits per heavy atom. The molecule has 2 atom stereocenters. The lowest BCUT2D eigenvalue weighted by Gasteiger charge is -2.17. The van der Waals surface area contributed by atoms with E-state index in [1.807, 2.05) is 18.2 Å². The highest BCUT2D eigenvalue weighted by molar-refractivity contribution is 5.97. The highest BCUT2D eigenvalue weighted by atomic mass is 16.3. The molecule has 0 saturated carbocycles. The minimum absolute atomic E-state index is 0.00263. The zero-order chi connectivity index (χ0) is 12.0. The predicted molar refractivity (Wildman–Crippen MR) is 65.4 cm³/mol. The molecule has 0 aliphatic rings. The molecule has 0 fully saturated rings. The molecule has 0 heterocycles. The van der Waals surface area contributed by atoms with Crippen molar-refractivity contribution >= 4 is 5.78 Å². The van der Waals surface area contributed by atoms with E-state index in [-0.39, 0.29) is 11.7 Å². The highest BCUT2D eigenvalue weighted by Crippen LogP contribution is 2.15. The summed E-state index contributed by atoms with van der Waals surface area (Å²) >= 11 is 0. The number of ketones is 1. The van der Waals surface area contributed by atoms with Gasteiger partial charge in [-0.05, 0) is 12.8 Å². The van der Waals surface area contributed by atoms with Crippen molar-refractivity contribution in [2.24, 2.45) is 5.92 Å². The maximum atomic E-state index is 12.0. The quantitative estimate of drug-likeness (QED) is 0.589. The predicted octanol–water partition coefficient (Wildman–Crippen LogP) is 2.83. The molecule has 86 valence electrons. The van der Waals surface area contributed by atoms with Crippen LogP contribution in [0.2, 0.25) is 0 Å². The van der Waals surface area contributed by atoms with Crippen LogP contribution in [-0.2, 0) is 0 Å². The second-order valence-corrected chi connectivity index (χ2v) is 3.95. The van der Waals surface area contributed by atoms with Gasteiger partial charge in [0.05, 0.1) is 6.10 Å². The Balaban J connectivity index is 2.63. The van der Waals surface area contributed by atoms with E-state index in [9.17, 15) is 9.90 Å². The standard InChI is InChI=1S/C14H18O2/c1-3-4-10-13(15)11(2)14(16)12-8-6-5-7-9-12/h3,5-9,11,13,15H,1,4,10H2,2H3/t11-,13+/m0/s1. The molecule has 0 saturated heterocycles. The molecule has 1 rings (SSSR count). The van der Waals surface area contributed by atoms with Crippen LogP contribution in [0, 0.1) is 5.92 Å². The maximum Gasteiger partial charge on any atom is 0.168 e. The van der Waals surface area contributed by atoms with Crippen molar-refractivity contribution in [1.29, 1.82) is 0 Å². The Hall–Kier alpha value is -1.41. The molecule has 0 radical (unpaired) electrons. The van der Waals surface area contributed by atoms with Gasteiger partial charge in [-0.25, -0.2) is 0 Å². The molecule has 1 aromatic carbocycles. The van der Waals surface area contributed by atoms with Gasteiger partial charge in [-0.1, -0.05) is 43.3 Å². The van der Waals surface area contributed by atoms with Crippen molar-refractivity contribution in [3.8, 4) is 0 Å². The molecule has 0 aliphatic carbocycles. The van der Waals surface area contributed by atoms with E-state index in [0.717, 1.165) is 6.42 Å². The Morgan fingerprint density at radius 2 is 2.06 bits per heavy atom. The maximum absolute atomic E-state index is 12.0. The third-order valence-electron chi connectivity index (χ3n) is 2.72. The number of allylic oxidation sites excluding steroid dienone is 1. The van der Waals surface area contributed by atoms with Crippen molar-refractivity contribution in [1.82, 2.24) is 0 Å². The van der Waals surface area contributed by atoms with Crippen LogP contribution in [-0.4, -0.2) is 17.0 Å². The van der Waals surface area contributed by atoms with Gasteiger partial charge in [0.1, 0.15) is 0 Å². The Labute approximate surface area is 96.6 Å². The third-order valence-corrected chi connectivity index (χ3v) is 2.72. The van der Waals surface area contributed by atoms with Gasteiger partial charge in [0.2, 0.25) is 0 Å². The number of aliphatic hydroxyl groups excluding tert-OH is 1. The van der Waals surface area contributed by atoms with Gasteiger partial charge in [0.25, 0.3) is 0 Å². The van der Waals surface area contributed by atoms with Gasteiger partial charge in [-0.2, -0.15) is 0 Å². The number of aliphatic hydroxyl groups is 1. The lowest BCUT2D eigenvalue weighted by molar-refractivity contribution is 0.0694. The molecule has 0 spiro atoms. The summed E-state index contributed by atoms with van der Waals surface area (Å²) < 4.78 is 0. The van der Waals surface area contributed by atoms with Crippen molar-refractivity contribution in [2.45, 2.75) is 25.9 Å². The van der Waals surface area contributed by atoms with E-state index < -0.39 is 6.10 Å². The Morgan fingerprint density at radius 3 is 2.62 bits per heavy atom. The molecular weight excluding hydrogens is 200 g/mol. The Kier molecular flexibility index (Phi) is 4.93. The van der Waals surface area contributed by atoms with Gasteiger partial charge >= 0.3 is 0 Å². The summed E-state index contributed by atoms with van der Waals surface area (Å²) in [6, 6.07) is 9.08. The average Bonchev–Trinajstić information content (AvgIpc) is 2.35. The monoisotopic (exact) mass is 218 g/mol. The van der Waals surface area contributed by atoms with Gasteiger partial charge in [-0.3, -0.25) is 4.79 Å². The lowest BCUT2D eigenvalue weighted by Crippen LogP contribution is -2.25. The summed E-state index contributed by atoms with van der Waals surface area (Å²) in [5, 5.41) is 9.81. The fourth-order valence-corrected chi connectivity index (χ4v) is 1.58. The normalized spacial score (nSPS) is 14.1. The molecule has 2 nitrogen and oxygen atoms in total. The number of Topliss-reactive ketones (excluding diaryl/α,β-unsaturated/α-hetero) is 1. The van der Waals surface area contributed by atoms with E-state index in [2.05, 4.69) is 6.58 Å². The second kappa shape index (κ2) is 6.23. The fourth-order valence-electron chi connectivity index (χ4n) is 1.58. The van der Waals surface area contributed by atoms with Crippen LogP contribution < -0.4 is 0 Å². The number of benzene rings is 1. The molecule has 0 aliphatic heterocycles. The summed E-state index contributed by atoms with van der Waals surface area (Å²) in [5.74, 6) is -0.362. The number of rotatable bonds is 6. The van der Waals surface area contributed by atoms with Crippen molar-refractivity contribution in [3.63, 3.8) is 0 Å². The van der Waals surface area contributed by atoms with Gasteiger partial charge in [0.15, 0.2) is 5.78 Å². The van der Waals surface area contributed by atoms with Crippen LogP contribution in [0.1, 0.15) is 30.1 Å². The lowest BCUT2D eigenvalue weighted by atomic mass is 9.92. The first-order valence-corrected chi connectivity index (χ1v) is 5.55. The van der Waals surface area contributed by atoms with Crippen LogP contribution in [0.3, 0.4) is 0 Å². The third kappa shape index (κ3) is 3.31. The van der Waals surface area contributed by atoms with Crippen LogP contribution >= 0.6 is 0 Å². The molecule has 1 N–H and O–H groups in total. The average molecular weight is 218 g/mol. The molecule has 2 heteroatoms. The van der Waals surface area contributed by atoms with Crippen molar-refractivity contribution < 1.29 is 9.90 Å². The second-order valence-electron chi connectivity index (χ2n) is 3.95. The first-order chi connectivity index (χ1) is 7.66. The SMILES string of the molecule is C=CCC[C@@H](O)[C@H](C)C(=O)c1ccccc1. The van der Waals surface area contributed by atoms with E-state index in [1.54, 1.807) is 25.1 Å². The zero-order valence-electron chi connectivity index (χ0n) is 9.60. The van der Waals surface area contributed by atoms with E-state index in [0.29, 0.717) is 12.0 Å². The van der Waals surface area contributed by atoms with Gasteiger partial charge in [0, 0.05) is 11.5 Å². The Bertz CT molecular complexity index is 343. The van der Waals surface area contributed by atoms with Gasteiger partial charge < -0.3 is 5.11 Å². The number of hydrogen-bond acceptors (Lipinski definition) is 2. The number of carbonyl (C=O) groups is 1.